The van der Waals surface area contributed by atoms with Crippen molar-refractivity contribution in [2.75, 3.05) is 0 Å². The van der Waals surface area contributed by atoms with E-state index in [2.05, 4.69) is 37.4 Å². The fourth-order valence-corrected chi connectivity index (χ4v) is 4.40. The third-order valence-corrected chi connectivity index (χ3v) is 5.34. The maximum absolute atomic E-state index is 6.08. The Balaban J connectivity index is 1.48. The first kappa shape index (κ1) is 14.4. The van der Waals surface area contributed by atoms with Gasteiger partial charge >= 0.3 is 0 Å². The highest BCUT2D eigenvalue weighted by molar-refractivity contribution is 6.30. The molecule has 1 N–H and O–H groups in total. The van der Waals surface area contributed by atoms with Gasteiger partial charge in [0.05, 0.1) is 0 Å². The normalized spacial score (nSPS) is 37.5. The molecular weight excluding hydrogens is 266 g/mol. The predicted octanol–water partition coefficient (Wildman–Crippen LogP) is 5.00. The van der Waals surface area contributed by atoms with Crippen molar-refractivity contribution in [1.29, 1.82) is 0 Å². The lowest BCUT2D eigenvalue weighted by Crippen LogP contribution is -2.47. The van der Waals surface area contributed by atoms with Crippen LogP contribution < -0.4 is 5.32 Å². The molecule has 20 heavy (non-hydrogen) atoms. The lowest BCUT2D eigenvalue weighted by molar-refractivity contribution is 0.188. The fourth-order valence-electron chi connectivity index (χ4n) is 4.20. The summed E-state index contributed by atoms with van der Waals surface area (Å²) in [6.07, 6.45) is 6.69. The molecule has 110 valence electrons. The molecule has 1 aromatic rings. The van der Waals surface area contributed by atoms with E-state index in [9.17, 15) is 0 Å². The average molecular weight is 292 g/mol. The van der Waals surface area contributed by atoms with E-state index in [0.29, 0.717) is 5.92 Å². The molecule has 1 nitrogen and oxygen atoms in total. The Morgan fingerprint density at radius 1 is 0.950 bits per heavy atom. The third-order valence-electron chi connectivity index (χ3n) is 5.11. The SMILES string of the molecule is CC1CC(C)CC(NC2CC(c3cccc(Cl)c3)C2)C1. The lowest BCUT2D eigenvalue weighted by Gasteiger charge is -2.41. The number of rotatable bonds is 3. The van der Waals surface area contributed by atoms with Crippen LogP contribution >= 0.6 is 11.6 Å². The first-order chi connectivity index (χ1) is 9.60. The van der Waals surface area contributed by atoms with Crippen LogP contribution in [0.15, 0.2) is 24.3 Å². The smallest absolute Gasteiger partial charge is 0.0408 e. The molecule has 2 fully saturated rings. The summed E-state index contributed by atoms with van der Waals surface area (Å²) in [7, 11) is 0. The molecule has 3 rings (SSSR count). The molecule has 2 heteroatoms. The van der Waals surface area contributed by atoms with Gasteiger partial charge in [-0.2, -0.15) is 0 Å². The molecule has 0 aromatic heterocycles. The van der Waals surface area contributed by atoms with Crippen molar-refractivity contribution in [2.24, 2.45) is 11.8 Å². The molecular formula is C18H26ClN. The highest BCUT2D eigenvalue weighted by Crippen LogP contribution is 2.39. The molecule has 0 bridgehead atoms. The number of halogens is 1. The minimum absolute atomic E-state index is 0.713. The predicted molar refractivity (Wildman–Crippen MR) is 86.3 cm³/mol. The molecule has 0 amide bonds. The maximum Gasteiger partial charge on any atom is 0.0408 e. The first-order valence-corrected chi connectivity index (χ1v) is 8.49. The standard InChI is InChI=1S/C18H26ClN/c1-12-6-13(2)8-17(7-12)20-18-10-15(11-18)14-4-3-5-16(19)9-14/h3-5,9,12-13,15,17-18,20H,6-8,10-11H2,1-2H3. The second-order valence-corrected chi connectivity index (χ2v) is 7.64. The number of nitrogens with one attached hydrogen (secondary N) is 1. The zero-order valence-electron chi connectivity index (χ0n) is 12.6. The number of hydrogen-bond donors (Lipinski definition) is 1. The van der Waals surface area contributed by atoms with Gasteiger partial charge in [0, 0.05) is 17.1 Å². The Bertz CT molecular complexity index is 442. The lowest BCUT2D eigenvalue weighted by atomic mass is 9.74. The quantitative estimate of drug-likeness (QED) is 0.826. The van der Waals surface area contributed by atoms with Crippen molar-refractivity contribution in [2.45, 2.75) is 64.0 Å². The van der Waals surface area contributed by atoms with Gasteiger partial charge in [0.25, 0.3) is 0 Å². The molecule has 2 saturated carbocycles. The summed E-state index contributed by atoms with van der Waals surface area (Å²) in [4.78, 5) is 0. The molecule has 2 unspecified atom stereocenters. The Hall–Kier alpha value is -0.530. The van der Waals surface area contributed by atoms with E-state index in [1.807, 2.05) is 6.07 Å². The molecule has 0 radical (unpaired) electrons. The summed E-state index contributed by atoms with van der Waals surface area (Å²) in [5.74, 6) is 2.49. The van der Waals surface area contributed by atoms with Crippen LogP contribution in [0.5, 0.6) is 0 Å². The molecule has 0 aliphatic heterocycles. The van der Waals surface area contributed by atoms with E-state index in [1.54, 1.807) is 0 Å². The van der Waals surface area contributed by atoms with E-state index in [0.717, 1.165) is 28.9 Å². The number of hydrogen-bond acceptors (Lipinski definition) is 1. The molecule has 2 atom stereocenters. The minimum atomic E-state index is 0.713. The van der Waals surface area contributed by atoms with Crippen molar-refractivity contribution < 1.29 is 0 Å². The Labute approximate surface area is 128 Å². The highest BCUT2D eigenvalue weighted by Gasteiger charge is 2.33. The zero-order chi connectivity index (χ0) is 14.1. The number of benzene rings is 1. The van der Waals surface area contributed by atoms with Gasteiger partial charge in [-0.1, -0.05) is 37.6 Å². The topological polar surface area (TPSA) is 12.0 Å². The van der Waals surface area contributed by atoms with Crippen LogP contribution in [0, 0.1) is 11.8 Å². The fraction of sp³-hybridized carbons (Fsp3) is 0.667. The third kappa shape index (κ3) is 3.38. The zero-order valence-corrected chi connectivity index (χ0v) is 13.4. The minimum Gasteiger partial charge on any atom is -0.311 e. The second-order valence-electron chi connectivity index (χ2n) is 7.20. The van der Waals surface area contributed by atoms with E-state index in [1.165, 1.54) is 37.7 Å². The van der Waals surface area contributed by atoms with Gasteiger partial charge in [-0.05, 0) is 67.6 Å². The van der Waals surface area contributed by atoms with Gasteiger partial charge in [-0.15, -0.1) is 0 Å². The Kier molecular flexibility index (Phi) is 4.37. The van der Waals surface area contributed by atoms with Crippen molar-refractivity contribution in [3.8, 4) is 0 Å². The van der Waals surface area contributed by atoms with Crippen LogP contribution in [0.1, 0.15) is 57.4 Å². The highest BCUT2D eigenvalue weighted by atomic mass is 35.5. The summed E-state index contributed by atoms with van der Waals surface area (Å²) in [5.41, 5.74) is 1.42. The van der Waals surface area contributed by atoms with E-state index < -0.39 is 0 Å². The van der Waals surface area contributed by atoms with E-state index >= 15 is 0 Å². The summed E-state index contributed by atoms with van der Waals surface area (Å²) >= 11 is 6.08. The van der Waals surface area contributed by atoms with Gasteiger partial charge in [0.15, 0.2) is 0 Å². The molecule has 2 aliphatic rings. The summed E-state index contributed by atoms with van der Waals surface area (Å²) in [6, 6.07) is 9.86. The molecule has 2 aliphatic carbocycles. The molecule has 0 saturated heterocycles. The van der Waals surface area contributed by atoms with Gasteiger partial charge in [-0.25, -0.2) is 0 Å². The first-order valence-electron chi connectivity index (χ1n) is 8.11. The van der Waals surface area contributed by atoms with Crippen molar-refractivity contribution in [3.63, 3.8) is 0 Å². The molecule has 0 spiro atoms. The second kappa shape index (κ2) is 6.07. The summed E-state index contributed by atoms with van der Waals surface area (Å²) in [6.45, 7) is 4.81. The van der Waals surface area contributed by atoms with Crippen LogP contribution in [0.2, 0.25) is 5.02 Å². The van der Waals surface area contributed by atoms with Gasteiger partial charge in [-0.3, -0.25) is 0 Å². The monoisotopic (exact) mass is 291 g/mol. The van der Waals surface area contributed by atoms with Gasteiger partial charge in [0.2, 0.25) is 0 Å². The summed E-state index contributed by atoms with van der Waals surface area (Å²) in [5, 5.41) is 4.77. The maximum atomic E-state index is 6.08. The van der Waals surface area contributed by atoms with Crippen LogP contribution in [0.25, 0.3) is 0 Å². The Morgan fingerprint density at radius 3 is 2.25 bits per heavy atom. The van der Waals surface area contributed by atoms with Gasteiger partial charge in [0.1, 0.15) is 0 Å². The van der Waals surface area contributed by atoms with E-state index in [4.69, 9.17) is 11.6 Å². The Morgan fingerprint density at radius 2 is 1.60 bits per heavy atom. The van der Waals surface area contributed by atoms with Crippen LogP contribution in [0.3, 0.4) is 0 Å². The average Bonchev–Trinajstić information content (AvgIpc) is 2.32. The van der Waals surface area contributed by atoms with Crippen LogP contribution in [-0.2, 0) is 0 Å². The van der Waals surface area contributed by atoms with Crippen LogP contribution in [0.4, 0.5) is 0 Å². The van der Waals surface area contributed by atoms with Crippen LogP contribution in [-0.4, -0.2) is 12.1 Å². The van der Waals surface area contributed by atoms with Crippen molar-refractivity contribution in [1.82, 2.24) is 5.32 Å². The summed E-state index contributed by atoms with van der Waals surface area (Å²) < 4.78 is 0. The van der Waals surface area contributed by atoms with Crippen molar-refractivity contribution >= 4 is 11.6 Å². The van der Waals surface area contributed by atoms with Gasteiger partial charge < -0.3 is 5.32 Å². The molecule has 0 heterocycles. The van der Waals surface area contributed by atoms with Crippen molar-refractivity contribution in [3.05, 3.63) is 34.9 Å². The largest absolute Gasteiger partial charge is 0.311 e. The molecule has 1 aromatic carbocycles. The van der Waals surface area contributed by atoms with E-state index in [-0.39, 0.29) is 0 Å².